The van der Waals surface area contributed by atoms with Gasteiger partial charge in [0, 0.05) is 6.07 Å². The molecule has 12 heteroatoms. The Balaban J connectivity index is 2.05. The topological polar surface area (TPSA) is 166 Å². The lowest BCUT2D eigenvalue weighted by Crippen LogP contribution is -2.24. The average molecular weight is 390 g/mol. The fraction of sp³-hybridized carbons (Fsp3) is 0.125. The SMILES string of the molecule is COc1c(O)ccc(/C=N\NC(=O)COc2ccccc2[N+](=O)[O-])c1[N+](=O)[O-]. The van der Waals surface area contributed by atoms with Gasteiger partial charge in [0.05, 0.1) is 28.7 Å². The Morgan fingerprint density at radius 1 is 1.21 bits per heavy atom. The number of amides is 1. The van der Waals surface area contributed by atoms with E-state index >= 15 is 0 Å². The quantitative estimate of drug-likeness (QED) is 0.390. The minimum Gasteiger partial charge on any atom is -0.504 e. The minimum absolute atomic E-state index is 0.0282. The Morgan fingerprint density at radius 2 is 1.93 bits per heavy atom. The molecule has 2 aromatic rings. The number of nitro groups is 2. The van der Waals surface area contributed by atoms with Crippen LogP contribution in [-0.4, -0.2) is 40.8 Å². The third kappa shape index (κ3) is 4.69. The molecule has 0 unspecified atom stereocenters. The molecule has 0 atom stereocenters. The van der Waals surface area contributed by atoms with E-state index in [1.54, 1.807) is 0 Å². The smallest absolute Gasteiger partial charge is 0.323 e. The maximum atomic E-state index is 11.8. The molecule has 1 amide bonds. The molecule has 0 aliphatic carbocycles. The standard InChI is InChI=1S/C16H14N4O8/c1-27-16-12(21)7-6-10(15(16)20(25)26)8-17-18-14(22)9-28-13-5-3-2-4-11(13)19(23)24/h2-8,21H,9H2,1H3,(H,18,22)/b17-8-. The van der Waals surface area contributed by atoms with Crippen molar-refractivity contribution in [2.75, 3.05) is 13.7 Å². The summed E-state index contributed by atoms with van der Waals surface area (Å²) in [5.74, 6) is -1.61. The van der Waals surface area contributed by atoms with Crippen molar-refractivity contribution in [2.45, 2.75) is 0 Å². The summed E-state index contributed by atoms with van der Waals surface area (Å²) in [7, 11) is 1.16. The lowest BCUT2D eigenvalue weighted by atomic mass is 10.1. The van der Waals surface area contributed by atoms with Crippen LogP contribution >= 0.6 is 0 Å². The van der Waals surface area contributed by atoms with E-state index in [1.807, 2.05) is 0 Å². The molecule has 2 rings (SSSR count). The molecule has 0 spiro atoms. The van der Waals surface area contributed by atoms with Gasteiger partial charge >= 0.3 is 11.4 Å². The van der Waals surface area contributed by atoms with Crippen molar-refractivity contribution in [3.8, 4) is 17.2 Å². The van der Waals surface area contributed by atoms with Crippen LogP contribution in [0.25, 0.3) is 0 Å². The number of methoxy groups -OCH3 is 1. The summed E-state index contributed by atoms with van der Waals surface area (Å²) in [4.78, 5) is 32.4. The number of phenols is 1. The summed E-state index contributed by atoms with van der Waals surface area (Å²) >= 11 is 0. The molecule has 0 fully saturated rings. The average Bonchev–Trinajstić information content (AvgIpc) is 2.67. The maximum Gasteiger partial charge on any atom is 0.323 e. The molecule has 28 heavy (non-hydrogen) atoms. The first-order chi connectivity index (χ1) is 13.3. The zero-order valence-electron chi connectivity index (χ0n) is 14.4. The van der Waals surface area contributed by atoms with E-state index in [0.29, 0.717) is 0 Å². The number of carbonyl (C=O) groups is 1. The summed E-state index contributed by atoms with van der Waals surface area (Å²) in [6.07, 6.45) is 0.989. The van der Waals surface area contributed by atoms with Gasteiger partial charge in [-0.05, 0) is 18.2 Å². The highest BCUT2D eigenvalue weighted by atomic mass is 16.6. The van der Waals surface area contributed by atoms with Crippen molar-refractivity contribution >= 4 is 23.5 Å². The number of rotatable bonds is 8. The second-order valence-electron chi connectivity index (χ2n) is 5.12. The zero-order chi connectivity index (χ0) is 20.7. The molecule has 0 saturated carbocycles. The van der Waals surface area contributed by atoms with Gasteiger partial charge in [-0.25, -0.2) is 5.43 Å². The Bertz CT molecular complexity index is 944. The first-order valence-electron chi connectivity index (χ1n) is 7.57. The second-order valence-corrected chi connectivity index (χ2v) is 5.12. The van der Waals surface area contributed by atoms with Crippen molar-refractivity contribution in [1.29, 1.82) is 0 Å². The predicted molar refractivity (Wildman–Crippen MR) is 95.6 cm³/mol. The number of hydrazone groups is 1. The van der Waals surface area contributed by atoms with Crippen molar-refractivity contribution in [1.82, 2.24) is 5.43 Å². The molecule has 146 valence electrons. The molecular formula is C16H14N4O8. The highest BCUT2D eigenvalue weighted by Gasteiger charge is 2.23. The van der Waals surface area contributed by atoms with Crippen molar-refractivity contribution < 1.29 is 29.2 Å². The van der Waals surface area contributed by atoms with Gasteiger partial charge in [-0.15, -0.1) is 0 Å². The zero-order valence-corrected chi connectivity index (χ0v) is 14.4. The van der Waals surface area contributed by atoms with Crippen LogP contribution in [0.3, 0.4) is 0 Å². The van der Waals surface area contributed by atoms with E-state index in [-0.39, 0.29) is 22.7 Å². The summed E-state index contributed by atoms with van der Waals surface area (Å²) in [6, 6.07) is 7.91. The molecular weight excluding hydrogens is 376 g/mol. The molecule has 2 aromatic carbocycles. The van der Waals surface area contributed by atoms with E-state index in [9.17, 15) is 30.1 Å². The Kier molecular flexibility index (Phi) is 6.41. The molecule has 0 heterocycles. The Morgan fingerprint density at radius 3 is 2.57 bits per heavy atom. The van der Waals surface area contributed by atoms with Gasteiger partial charge in [-0.1, -0.05) is 12.1 Å². The number of hydrogen-bond donors (Lipinski definition) is 2. The van der Waals surface area contributed by atoms with Gasteiger partial charge in [0.1, 0.15) is 0 Å². The highest BCUT2D eigenvalue weighted by molar-refractivity contribution is 5.89. The molecule has 0 radical (unpaired) electrons. The number of ether oxygens (including phenoxy) is 2. The van der Waals surface area contributed by atoms with E-state index in [2.05, 4.69) is 10.5 Å². The number of benzene rings is 2. The molecule has 0 saturated heterocycles. The van der Waals surface area contributed by atoms with Crippen LogP contribution in [0.1, 0.15) is 5.56 Å². The molecule has 0 aromatic heterocycles. The minimum atomic E-state index is -0.765. The third-order valence-electron chi connectivity index (χ3n) is 3.34. The third-order valence-corrected chi connectivity index (χ3v) is 3.34. The fourth-order valence-electron chi connectivity index (χ4n) is 2.15. The van der Waals surface area contributed by atoms with Gasteiger partial charge in [0.2, 0.25) is 5.75 Å². The molecule has 0 aliphatic heterocycles. The monoisotopic (exact) mass is 390 g/mol. The molecule has 0 aliphatic rings. The van der Waals surface area contributed by atoms with Crippen LogP contribution in [0.2, 0.25) is 0 Å². The normalized spacial score (nSPS) is 10.5. The van der Waals surface area contributed by atoms with E-state index in [4.69, 9.17) is 9.47 Å². The molecule has 2 N–H and O–H groups in total. The van der Waals surface area contributed by atoms with E-state index < -0.39 is 33.8 Å². The highest BCUT2D eigenvalue weighted by Crippen LogP contribution is 2.37. The van der Waals surface area contributed by atoms with Crippen molar-refractivity contribution in [2.24, 2.45) is 5.10 Å². The van der Waals surface area contributed by atoms with Gasteiger partial charge in [-0.3, -0.25) is 25.0 Å². The van der Waals surface area contributed by atoms with Crippen LogP contribution in [0, 0.1) is 20.2 Å². The summed E-state index contributed by atoms with van der Waals surface area (Å²) in [5, 5.41) is 35.3. The summed E-state index contributed by atoms with van der Waals surface area (Å²) in [5.41, 5.74) is 1.22. The Labute approximate surface area is 157 Å². The van der Waals surface area contributed by atoms with Crippen LogP contribution < -0.4 is 14.9 Å². The lowest BCUT2D eigenvalue weighted by molar-refractivity contribution is -0.386. The number of aromatic hydroxyl groups is 1. The number of nitrogens with zero attached hydrogens (tertiary/aromatic N) is 3. The number of carbonyl (C=O) groups excluding carboxylic acids is 1. The number of nitro benzene ring substituents is 2. The molecule has 0 bridgehead atoms. The van der Waals surface area contributed by atoms with E-state index in [1.165, 1.54) is 36.4 Å². The van der Waals surface area contributed by atoms with Gasteiger partial charge in [0.15, 0.2) is 18.1 Å². The number of hydrogen-bond acceptors (Lipinski definition) is 9. The summed E-state index contributed by atoms with van der Waals surface area (Å²) < 4.78 is 9.90. The lowest BCUT2D eigenvalue weighted by Gasteiger charge is -2.06. The number of para-hydroxylation sites is 2. The van der Waals surface area contributed by atoms with E-state index in [0.717, 1.165) is 13.3 Å². The number of nitrogens with one attached hydrogen (secondary N) is 1. The number of phenolic OH excluding ortho intramolecular Hbond substituents is 1. The summed E-state index contributed by atoms with van der Waals surface area (Å²) in [6.45, 7) is -0.566. The Hall–Kier alpha value is -4.22. The van der Waals surface area contributed by atoms with Crippen LogP contribution in [-0.2, 0) is 4.79 Å². The van der Waals surface area contributed by atoms with Crippen LogP contribution in [0.4, 0.5) is 11.4 Å². The van der Waals surface area contributed by atoms with Gasteiger partial charge in [-0.2, -0.15) is 5.10 Å². The first-order valence-corrected chi connectivity index (χ1v) is 7.57. The van der Waals surface area contributed by atoms with Crippen LogP contribution in [0.5, 0.6) is 17.2 Å². The second kappa shape index (κ2) is 8.93. The fourth-order valence-corrected chi connectivity index (χ4v) is 2.15. The van der Waals surface area contributed by atoms with Crippen molar-refractivity contribution in [3.05, 3.63) is 62.2 Å². The van der Waals surface area contributed by atoms with Crippen LogP contribution in [0.15, 0.2) is 41.5 Å². The molecule has 12 nitrogen and oxygen atoms in total. The maximum absolute atomic E-state index is 11.8. The first kappa shape index (κ1) is 20.1. The van der Waals surface area contributed by atoms with Gasteiger partial charge < -0.3 is 14.6 Å². The van der Waals surface area contributed by atoms with Gasteiger partial charge in [0.25, 0.3) is 5.91 Å². The van der Waals surface area contributed by atoms with Crippen molar-refractivity contribution in [3.63, 3.8) is 0 Å². The largest absolute Gasteiger partial charge is 0.504 e. The predicted octanol–water partition coefficient (Wildman–Crippen LogP) is 1.75.